The van der Waals surface area contributed by atoms with E-state index in [0.717, 1.165) is 36.6 Å². The molecule has 2 N–H and O–H groups in total. The zero-order chi connectivity index (χ0) is 15.4. The van der Waals surface area contributed by atoms with Crippen LogP contribution in [0.25, 0.3) is 5.69 Å². The fraction of sp³-hybridized carbons (Fsp3) is 0.400. The summed E-state index contributed by atoms with van der Waals surface area (Å²) in [7, 11) is 0. The van der Waals surface area contributed by atoms with Crippen molar-refractivity contribution in [3.63, 3.8) is 0 Å². The first-order chi connectivity index (χ1) is 10.1. The van der Waals surface area contributed by atoms with Crippen molar-refractivity contribution in [2.75, 3.05) is 19.6 Å². The SMILES string of the molecule is CCN(CCN)Cc1c(C)nn(-c2ccccc2Cl)c1Cl. The van der Waals surface area contributed by atoms with Crippen molar-refractivity contribution in [2.24, 2.45) is 5.73 Å². The van der Waals surface area contributed by atoms with Crippen molar-refractivity contribution >= 4 is 23.2 Å². The normalized spacial score (nSPS) is 11.3. The van der Waals surface area contributed by atoms with Gasteiger partial charge >= 0.3 is 0 Å². The van der Waals surface area contributed by atoms with Crippen LogP contribution in [-0.2, 0) is 6.54 Å². The molecule has 0 aliphatic carbocycles. The van der Waals surface area contributed by atoms with E-state index in [0.29, 0.717) is 16.7 Å². The lowest BCUT2D eigenvalue weighted by molar-refractivity contribution is 0.287. The minimum absolute atomic E-state index is 0.607. The van der Waals surface area contributed by atoms with Crippen LogP contribution in [0.1, 0.15) is 18.2 Å². The molecule has 2 aromatic rings. The van der Waals surface area contributed by atoms with E-state index in [2.05, 4.69) is 16.9 Å². The molecule has 0 amide bonds. The summed E-state index contributed by atoms with van der Waals surface area (Å²) in [5.41, 5.74) is 8.36. The molecule has 0 radical (unpaired) electrons. The van der Waals surface area contributed by atoms with E-state index < -0.39 is 0 Å². The van der Waals surface area contributed by atoms with Crippen molar-refractivity contribution < 1.29 is 0 Å². The van der Waals surface area contributed by atoms with E-state index in [-0.39, 0.29) is 0 Å². The summed E-state index contributed by atoms with van der Waals surface area (Å²) in [5, 5.41) is 5.77. The molecule has 21 heavy (non-hydrogen) atoms. The summed E-state index contributed by atoms with van der Waals surface area (Å²) in [6, 6.07) is 7.54. The van der Waals surface area contributed by atoms with Gasteiger partial charge in [-0.05, 0) is 25.6 Å². The molecule has 2 rings (SSSR count). The maximum Gasteiger partial charge on any atom is 0.137 e. The van der Waals surface area contributed by atoms with Crippen LogP contribution in [0.15, 0.2) is 24.3 Å². The minimum atomic E-state index is 0.607. The predicted molar refractivity (Wildman–Crippen MR) is 88.3 cm³/mol. The molecule has 0 aliphatic heterocycles. The van der Waals surface area contributed by atoms with Crippen LogP contribution in [0.4, 0.5) is 0 Å². The zero-order valence-corrected chi connectivity index (χ0v) is 13.8. The van der Waals surface area contributed by atoms with Gasteiger partial charge in [0, 0.05) is 25.2 Å². The third-order valence-corrected chi connectivity index (χ3v) is 4.18. The van der Waals surface area contributed by atoms with Crippen LogP contribution in [0.2, 0.25) is 10.2 Å². The first-order valence-corrected chi connectivity index (χ1v) is 7.75. The smallest absolute Gasteiger partial charge is 0.137 e. The maximum atomic E-state index is 6.52. The second-order valence-electron chi connectivity index (χ2n) is 4.88. The standard InChI is InChI=1S/C15H20Cl2N4/c1-3-20(9-8-18)10-12-11(2)19-21(15(12)17)14-7-5-4-6-13(14)16/h4-7H,3,8-10,18H2,1-2H3. The first kappa shape index (κ1) is 16.3. The molecule has 114 valence electrons. The Hall–Kier alpha value is -1.07. The fourth-order valence-corrected chi connectivity index (χ4v) is 2.79. The van der Waals surface area contributed by atoms with Crippen LogP contribution < -0.4 is 5.73 Å². The molecular formula is C15H20Cl2N4. The number of nitrogens with two attached hydrogens (primary N) is 1. The van der Waals surface area contributed by atoms with E-state index in [1.165, 1.54) is 0 Å². The fourth-order valence-electron chi connectivity index (χ4n) is 2.25. The van der Waals surface area contributed by atoms with E-state index in [1.807, 2.05) is 31.2 Å². The Labute approximate surface area is 135 Å². The lowest BCUT2D eigenvalue weighted by Crippen LogP contribution is -2.29. The molecule has 0 fully saturated rings. The lowest BCUT2D eigenvalue weighted by atomic mass is 10.2. The predicted octanol–water partition coefficient (Wildman–Crippen LogP) is 3.27. The number of hydrogen-bond acceptors (Lipinski definition) is 3. The second kappa shape index (κ2) is 7.27. The van der Waals surface area contributed by atoms with Gasteiger partial charge in [0.25, 0.3) is 0 Å². The highest BCUT2D eigenvalue weighted by atomic mass is 35.5. The molecule has 0 spiro atoms. The number of rotatable bonds is 6. The molecule has 0 unspecified atom stereocenters. The Morgan fingerprint density at radius 2 is 2.00 bits per heavy atom. The highest BCUT2D eigenvalue weighted by Crippen LogP contribution is 2.28. The number of halogens is 2. The van der Waals surface area contributed by atoms with Gasteiger partial charge in [0.05, 0.1) is 16.4 Å². The Morgan fingerprint density at radius 1 is 1.29 bits per heavy atom. The number of benzene rings is 1. The largest absolute Gasteiger partial charge is 0.329 e. The summed E-state index contributed by atoms with van der Waals surface area (Å²) >= 11 is 12.7. The van der Waals surface area contributed by atoms with Gasteiger partial charge in [-0.3, -0.25) is 4.90 Å². The van der Waals surface area contributed by atoms with Crippen molar-refractivity contribution in [1.82, 2.24) is 14.7 Å². The van der Waals surface area contributed by atoms with Gasteiger partial charge in [-0.15, -0.1) is 0 Å². The van der Waals surface area contributed by atoms with Gasteiger partial charge in [-0.1, -0.05) is 42.3 Å². The summed E-state index contributed by atoms with van der Waals surface area (Å²) in [6.07, 6.45) is 0. The molecule has 0 saturated heterocycles. The number of aryl methyl sites for hydroxylation is 1. The Bertz CT molecular complexity index is 610. The van der Waals surface area contributed by atoms with Gasteiger partial charge in [0.1, 0.15) is 5.15 Å². The van der Waals surface area contributed by atoms with Gasteiger partial charge in [-0.25, -0.2) is 4.68 Å². The maximum absolute atomic E-state index is 6.52. The number of likely N-dealkylation sites (N-methyl/N-ethyl adjacent to an activating group) is 1. The Kier molecular flexibility index (Phi) is 5.65. The van der Waals surface area contributed by atoms with Gasteiger partial charge in [0.2, 0.25) is 0 Å². The van der Waals surface area contributed by atoms with E-state index >= 15 is 0 Å². The Balaban J connectivity index is 2.36. The first-order valence-electron chi connectivity index (χ1n) is 6.99. The summed E-state index contributed by atoms with van der Waals surface area (Å²) in [6.45, 7) is 7.20. The molecular weight excluding hydrogens is 307 g/mol. The summed E-state index contributed by atoms with van der Waals surface area (Å²) < 4.78 is 1.70. The van der Waals surface area contributed by atoms with Crippen molar-refractivity contribution in [1.29, 1.82) is 0 Å². The molecule has 1 heterocycles. The number of nitrogens with zero attached hydrogens (tertiary/aromatic N) is 3. The molecule has 6 heteroatoms. The highest BCUT2D eigenvalue weighted by molar-refractivity contribution is 6.33. The molecule has 4 nitrogen and oxygen atoms in total. The average molecular weight is 327 g/mol. The van der Waals surface area contributed by atoms with E-state index in [9.17, 15) is 0 Å². The number of para-hydroxylation sites is 1. The number of hydrogen-bond donors (Lipinski definition) is 1. The van der Waals surface area contributed by atoms with Crippen molar-refractivity contribution in [3.05, 3.63) is 45.7 Å². The van der Waals surface area contributed by atoms with Crippen LogP contribution >= 0.6 is 23.2 Å². The molecule has 1 aromatic heterocycles. The molecule has 0 atom stereocenters. The molecule has 0 aliphatic rings. The van der Waals surface area contributed by atoms with Crippen LogP contribution in [-0.4, -0.2) is 34.3 Å². The monoisotopic (exact) mass is 326 g/mol. The van der Waals surface area contributed by atoms with E-state index in [1.54, 1.807) is 4.68 Å². The molecule has 1 aromatic carbocycles. The van der Waals surface area contributed by atoms with Gasteiger partial charge in [-0.2, -0.15) is 5.10 Å². The lowest BCUT2D eigenvalue weighted by Gasteiger charge is -2.19. The van der Waals surface area contributed by atoms with Crippen molar-refractivity contribution in [2.45, 2.75) is 20.4 Å². The second-order valence-corrected chi connectivity index (χ2v) is 5.64. The third kappa shape index (κ3) is 3.58. The summed E-state index contributed by atoms with van der Waals surface area (Å²) in [5.74, 6) is 0. The number of aromatic nitrogens is 2. The van der Waals surface area contributed by atoms with Gasteiger partial charge < -0.3 is 5.73 Å². The van der Waals surface area contributed by atoms with Gasteiger partial charge in [0.15, 0.2) is 0 Å². The van der Waals surface area contributed by atoms with Crippen LogP contribution in [0.3, 0.4) is 0 Å². The van der Waals surface area contributed by atoms with Crippen LogP contribution in [0.5, 0.6) is 0 Å². The van der Waals surface area contributed by atoms with Crippen molar-refractivity contribution in [3.8, 4) is 5.69 Å². The zero-order valence-electron chi connectivity index (χ0n) is 12.3. The third-order valence-electron chi connectivity index (χ3n) is 3.48. The Morgan fingerprint density at radius 3 is 2.62 bits per heavy atom. The van der Waals surface area contributed by atoms with Crippen LogP contribution in [0, 0.1) is 6.92 Å². The quantitative estimate of drug-likeness (QED) is 0.886. The minimum Gasteiger partial charge on any atom is -0.329 e. The molecule has 0 saturated carbocycles. The summed E-state index contributed by atoms with van der Waals surface area (Å²) in [4.78, 5) is 2.24. The van der Waals surface area contributed by atoms with E-state index in [4.69, 9.17) is 28.9 Å². The topological polar surface area (TPSA) is 47.1 Å². The molecule has 0 bridgehead atoms. The highest BCUT2D eigenvalue weighted by Gasteiger charge is 2.17. The average Bonchev–Trinajstić information content (AvgIpc) is 2.75.